The summed E-state index contributed by atoms with van der Waals surface area (Å²) < 4.78 is 13.5. The van der Waals surface area contributed by atoms with Crippen molar-refractivity contribution in [2.45, 2.75) is 65.3 Å². The van der Waals surface area contributed by atoms with Gasteiger partial charge >= 0.3 is 6.09 Å². The Morgan fingerprint density at radius 1 is 1.29 bits per heavy atom. The smallest absolute Gasteiger partial charge is 0.410 e. The van der Waals surface area contributed by atoms with Gasteiger partial charge in [0, 0.05) is 27.4 Å². The highest BCUT2D eigenvalue weighted by Gasteiger charge is 2.21. The Morgan fingerprint density at radius 2 is 1.96 bits per heavy atom. The van der Waals surface area contributed by atoms with E-state index in [9.17, 15) is 4.79 Å². The predicted octanol–water partition coefficient (Wildman–Crippen LogP) is 5.37. The molecule has 0 aromatic carbocycles. The van der Waals surface area contributed by atoms with E-state index in [0.29, 0.717) is 18.4 Å². The Labute approximate surface area is 173 Å². The summed E-state index contributed by atoms with van der Waals surface area (Å²) in [6.07, 6.45) is -0.366. The first kappa shape index (κ1) is 22.7. The average molecular weight is 426 g/mol. The first-order valence-corrected chi connectivity index (χ1v) is 13.6. The van der Waals surface area contributed by atoms with E-state index < -0.39 is 13.7 Å². The minimum absolute atomic E-state index is 0.366. The standard InChI is InChI=1S/C20H32ClN3O3Si/c1-20(2,3)27-19(25)23(4)13-15-12-16-17(8-9-18(21)22-16)24(15)14-26-10-11-28(5,6)7/h8-9,12H,10-11,13-14H2,1-7H3. The number of ether oxygens (including phenoxy) is 2. The molecule has 28 heavy (non-hydrogen) atoms. The second kappa shape index (κ2) is 8.84. The van der Waals surface area contributed by atoms with Crippen molar-refractivity contribution >= 4 is 36.8 Å². The molecule has 1 amide bonds. The minimum atomic E-state index is -1.15. The van der Waals surface area contributed by atoms with Crippen LogP contribution in [0.25, 0.3) is 11.0 Å². The fourth-order valence-corrected chi connectivity index (χ4v) is 3.54. The number of halogens is 1. The van der Waals surface area contributed by atoms with E-state index in [0.717, 1.165) is 29.4 Å². The van der Waals surface area contributed by atoms with Gasteiger partial charge < -0.3 is 18.9 Å². The van der Waals surface area contributed by atoms with Gasteiger partial charge in [0.15, 0.2) is 0 Å². The van der Waals surface area contributed by atoms with Crippen LogP contribution in [0.3, 0.4) is 0 Å². The van der Waals surface area contributed by atoms with Gasteiger partial charge in [0.05, 0.1) is 17.6 Å². The van der Waals surface area contributed by atoms with Gasteiger partial charge in [-0.2, -0.15) is 0 Å². The van der Waals surface area contributed by atoms with Crippen molar-refractivity contribution < 1.29 is 14.3 Å². The average Bonchev–Trinajstić information content (AvgIpc) is 2.85. The number of fused-ring (bicyclic) bond motifs is 1. The SMILES string of the molecule is CN(Cc1cc2nc(Cl)ccc2n1COCC[Si](C)(C)C)C(=O)OC(C)(C)C. The Balaban J connectivity index is 2.20. The van der Waals surface area contributed by atoms with Crippen LogP contribution in [0.15, 0.2) is 18.2 Å². The molecule has 0 spiro atoms. The molecule has 0 saturated heterocycles. The van der Waals surface area contributed by atoms with E-state index in [1.165, 1.54) is 0 Å². The second-order valence-electron chi connectivity index (χ2n) is 9.29. The lowest BCUT2D eigenvalue weighted by Crippen LogP contribution is -2.34. The van der Waals surface area contributed by atoms with Crippen LogP contribution in [0.2, 0.25) is 30.8 Å². The van der Waals surface area contributed by atoms with Crippen molar-refractivity contribution in [1.29, 1.82) is 0 Å². The van der Waals surface area contributed by atoms with Crippen molar-refractivity contribution in [2.24, 2.45) is 0 Å². The molecule has 2 aromatic heterocycles. The lowest BCUT2D eigenvalue weighted by atomic mass is 10.2. The van der Waals surface area contributed by atoms with Gasteiger partial charge in [0.1, 0.15) is 17.5 Å². The van der Waals surface area contributed by atoms with Crippen molar-refractivity contribution in [3.63, 3.8) is 0 Å². The summed E-state index contributed by atoms with van der Waals surface area (Å²) in [5.74, 6) is 0. The molecular weight excluding hydrogens is 394 g/mol. The zero-order valence-corrected chi connectivity index (χ0v) is 19.8. The van der Waals surface area contributed by atoms with Crippen LogP contribution in [0.4, 0.5) is 4.79 Å². The number of amides is 1. The number of hydrogen-bond acceptors (Lipinski definition) is 4. The molecule has 6 nitrogen and oxygen atoms in total. The molecule has 0 aliphatic rings. The molecule has 0 unspecified atom stereocenters. The molecule has 0 saturated carbocycles. The normalized spacial score (nSPS) is 12.4. The fraction of sp³-hybridized carbons (Fsp3) is 0.600. The van der Waals surface area contributed by atoms with Crippen LogP contribution in [0.5, 0.6) is 0 Å². The summed E-state index contributed by atoms with van der Waals surface area (Å²) in [6, 6.07) is 6.75. The highest BCUT2D eigenvalue weighted by atomic mass is 35.5. The number of nitrogens with zero attached hydrogens (tertiary/aromatic N) is 3. The van der Waals surface area contributed by atoms with Crippen molar-refractivity contribution in [3.05, 3.63) is 29.0 Å². The van der Waals surface area contributed by atoms with Gasteiger partial charge in [-0.1, -0.05) is 31.2 Å². The van der Waals surface area contributed by atoms with Crippen LogP contribution < -0.4 is 0 Å². The largest absolute Gasteiger partial charge is 0.444 e. The van der Waals surface area contributed by atoms with E-state index in [4.69, 9.17) is 21.1 Å². The monoisotopic (exact) mass is 425 g/mol. The summed E-state index contributed by atoms with van der Waals surface area (Å²) in [6.45, 7) is 14.1. The Hall–Kier alpha value is -1.57. The molecule has 0 aliphatic carbocycles. The highest BCUT2D eigenvalue weighted by Crippen LogP contribution is 2.22. The molecule has 0 aliphatic heterocycles. The van der Waals surface area contributed by atoms with E-state index in [1.807, 2.05) is 37.5 Å². The number of carbonyl (C=O) groups excluding carboxylic acids is 1. The first-order chi connectivity index (χ1) is 12.9. The van der Waals surface area contributed by atoms with E-state index in [1.54, 1.807) is 18.0 Å². The molecule has 0 N–H and O–H groups in total. The Bertz CT molecular complexity index is 824. The van der Waals surface area contributed by atoms with E-state index in [2.05, 4.69) is 24.6 Å². The van der Waals surface area contributed by atoms with Gasteiger partial charge in [-0.25, -0.2) is 9.78 Å². The third kappa shape index (κ3) is 6.79. The van der Waals surface area contributed by atoms with E-state index in [-0.39, 0.29) is 6.09 Å². The Kier molecular flexibility index (Phi) is 7.17. The van der Waals surface area contributed by atoms with E-state index >= 15 is 0 Å². The second-order valence-corrected chi connectivity index (χ2v) is 15.3. The van der Waals surface area contributed by atoms with Crippen LogP contribution in [-0.2, 0) is 22.7 Å². The molecular formula is C20H32ClN3O3Si. The summed E-state index contributed by atoms with van der Waals surface area (Å²) in [5.41, 5.74) is 2.11. The zero-order valence-electron chi connectivity index (χ0n) is 18.0. The number of aromatic nitrogens is 2. The number of pyridine rings is 1. The molecule has 156 valence electrons. The van der Waals surface area contributed by atoms with Crippen molar-refractivity contribution in [3.8, 4) is 0 Å². The fourth-order valence-electron chi connectivity index (χ4n) is 2.63. The summed E-state index contributed by atoms with van der Waals surface area (Å²) in [4.78, 5) is 18.3. The maximum absolute atomic E-state index is 12.3. The number of carbonyl (C=O) groups is 1. The molecule has 2 heterocycles. The van der Waals surface area contributed by atoms with Gasteiger partial charge in [-0.15, -0.1) is 0 Å². The maximum atomic E-state index is 12.3. The molecule has 2 rings (SSSR count). The van der Waals surface area contributed by atoms with Gasteiger partial charge in [-0.05, 0) is 45.0 Å². The van der Waals surface area contributed by atoms with Gasteiger partial charge in [0.2, 0.25) is 0 Å². The quantitative estimate of drug-likeness (QED) is 0.340. The molecule has 2 aromatic rings. The molecule has 8 heteroatoms. The highest BCUT2D eigenvalue weighted by molar-refractivity contribution is 6.76. The van der Waals surface area contributed by atoms with Gasteiger partial charge in [0.25, 0.3) is 0 Å². The van der Waals surface area contributed by atoms with Crippen molar-refractivity contribution in [2.75, 3.05) is 13.7 Å². The lowest BCUT2D eigenvalue weighted by Gasteiger charge is -2.25. The first-order valence-electron chi connectivity index (χ1n) is 9.52. The molecule has 0 atom stereocenters. The third-order valence-electron chi connectivity index (χ3n) is 4.13. The Morgan fingerprint density at radius 3 is 2.57 bits per heavy atom. The maximum Gasteiger partial charge on any atom is 0.410 e. The zero-order chi connectivity index (χ0) is 21.1. The van der Waals surface area contributed by atoms with Crippen molar-refractivity contribution in [1.82, 2.24) is 14.5 Å². The third-order valence-corrected chi connectivity index (χ3v) is 6.04. The molecule has 0 radical (unpaired) electrons. The van der Waals surface area contributed by atoms with Gasteiger partial charge in [-0.3, -0.25) is 0 Å². The number of hydrogen-bond donors (Lipinski definition) is 0. The summed E-state index contributed by atoms with van der Waals surface area (Å²) >= 11 is 6.05. The van der Waals surface area contributed by atoms with Crippen LogP contribution in [-0.4, -0.2) is 47.9 Å². The molecule has 0 fully saturated rings. The topological polar surface area (TPSA) is 56.6 Å². The van der Waals surface area contributed by atoms with Crippen LogP contribution in [0, 0.1) is 0 Å². The minimum Gasteiger partial charge on any atom is -0.444 e. The van der Waals surface area contributed by atoms with Crippen LogP contribution in [0.1, 0.15) is 26.5 Å². The summed E-state index contributed by atoms with van der Waals surface area (Å²) in [7, 11) is 0.573. The lowest BCUT2D eigenvalue weighted by molar-refractivity contribution is 0.0274. The van der Waals surface area contributed by atoms with Crippen LogP contribution >= 0.6 is 11.6 Å². The number of rotatable bonds is 7. The molecule has 0 bridgehead atoms. The predicted molar refractivity (Wildman–Crippen MR) is 117 cm³/mol. The summed E-state index contributed by atoms with van der Waals surface area (Å²) in [5, 5.41) is 0.441.